The number of benzene rings is 1. The van der Waals surface area contributed by atoms with E-state index in [4.69, 9.17) is 4.74 Å². The van der Waals surface area contributed by atoms with Gasteiger partial charge in [-0.15, -0.1) is 0 Å². The lowest BCUT2D eigenvalue weighted by atomic mass is 10.1. The molecule has 5 heteroatoms. The highest BCUT2D eigenvalue weighted by molar-refractivity contribution is 5.96. The number of hydrogen-bond donors (Lipinski definition) is 2. The summed E-state index contributed by atoms with van der Waals surface area (Å²) in [4.78, 5) is 24.0. The molecule has 2 rings (SSSR count). The van der Waals surface area contributed by atoms with Crippen molar-refractivity contribution in [1.29, 1.82) is 0 Å². The average molecular weight is 304 g/mol. The van der Waals surface area contributed by atoms with Crippen molar-refractivity contribution in [3.05, 3.63) is 29.8 Å². The van der Waals surface area contributed by atoms with Crippen LogP contribution in [0.15, 0.2) is 24.3 Å². The molecule has 0 heterocycles. The number of amides is 2. The number of carbonyl (C=O) groups excluding carboxylic acids is 2. The molecule has 1 aromatic carbocycles. The largest absolute Gasteiger partial charge is 0.444 e. The lowest BCUT2D eigenvalue weighted by molar-refractivity contribution is 0.0635. The molecule has 22 heavy (non-hydrogen) atoms. The van der Waals surface area contributed by atoms with Gasteiger partial charge in [0.15, 0.2) is 0 Å². The molecule has 0 spiro atoms. The van der Waals surface area contributed by atoms with Crippen LogP contribution in [0.25, 0.3) is 0 Å². The van der Waals surface area contributed by atoms with Gasteiger partial charge in [0.25, 0.3) is 5.91 Å². The SMILES string of the molecule is CC(C)(C)OC(=O)Nc1cccc(C(=O)NC2CCCC2)c1. The summed E-state index contributed by atoms with van der Waals surface area (Å²) < 4.78 is 5.20. The molecule has 0 bridgehead atoms. The summed E-state index contributed by atoms with van der Waals surface area (Å²) in [7, 11) is 0. The highest BCUT2D eigenvalue weighted by Crippen LogP contribution is 2.19. The van der Waals surface area contributed by atoms with Gasteiger partial charge < -0.3 is 10.1 Å². The van der Waals surface area contributed by atoms with Crippen molar-refractivity contribution in [2.45, 2.75) is 58.1 Å². The third kappa shape index (κ3) is 5.06. The predicted molar refractivity (Wildman–Crippen MR) is 86.0 cm³/mol. The van der Waals surface area contributed by atoms with Gasteiger partial charge in [-0.1, -0.05) is 18.9 Å². The number of anilines is 1. The number of nitrogens with one attached hydrogen (secondary N) is 2. The van der Waals surface area contributed by atoms with Crippen molar-refractivity contribution in [1.82, 2.24) is 5.32 Å². The second kappa shape index (κ2) is 6.81. The smallest absolute Gasteiger partial charge is 0.412 e. The molecule has 1 saturated carbocycles. The summed E-state index contributed by atoms with van der Waals surface area (Å²) in [5, 5.41) is 5.68. The molecule has 2 N–H and O–H groups in total. The second-order valence-corrected chi connectivity index (χ2v) is 6.66. The minimum absolute atomic E-state index is 0.0975. The van der Waals surface area contributed by atoms with E-state index in [1.807, 2.05) is 0 Å². The quantitative estimate of drug-likeness (QED) is 0.894. The summed E-state index contributed by atoms with van der Waals surface area (Å²) >= 11 is 0. The second-order valence-electron chi connectivity index (χ2n) is 6.66. The van der Waals surface area contributed by atoms with Crippen LogP contribution in [-0.4, -0.2) is 23.6 Å². The molecule has 0 atom stereocenters. The summed E-state index contributed by atoms with van der Waals surface area (Å²) in [6.07, 6.45) is 3.90. The molecule has 0 saturated heterocycles. The van der Waals surface area contributed by atoms with Crippen LogP contribution in [0.4, 0.5) is 10.5 Å². The van der Waals surface area contributed by atoms with Crippen molar-refractivity contribution >= 4 is 17.7 Å². The number of carbonyl (C=O) groups is 2. The Kier molecular flexibility index (Phi) is 5.06. The third-order valence-corrected chi connectivity index (χ3v) is 3.46. The van der Waals surface area contributed by atoms with Gasteiger partial charge in [0.05, 0.1) is 0 Å². The van der Waals surface area contributed by atoms with Gasteiger partial charge in [0, 0.05) is 17.3 Å². The standard InChI is InChI=1S/C17H24N2O3/c1-17(2,3)22-16(21)19-14-10-6-7-12(11-14)15(20)18-13-8-4-5-9-13/h6-7,10-11,13H,4-5,8-9H2,1-3H3,(H,18,20)(H,19,21). The highest BCUT2D eigenvalue weighted by atomic mass is 16.6. The molecule has 0 aromatic heterocycles. The van der Waals surface area contributed by atoms with E-state index in [9.17, 15) is 9.59 Å². The summed E-state index contributed by atoms with van der Waals surface area (Å²) in [5.41, 5.74) is 0.537. The first kappa shape index (κ1) is 16.3. The van der Waals surface area contributed by atoms with E-state index in [0.29, 0.717) is 11.3 Å². The topological polar surface area (TPSA) is 67.4 Å². The van der Waals surface area contributed by atoms with E-state index < -0.39 is 11.7 Å². The van der Waals surface area contributed by atoms with Crippen molar-refractivity contribution in [3.63, 3.8) is 0 Å². The molecule has 1 aliphatic rings. The van der Waals surface area contributed by atoms with Crippen LogP contribution in [0.2, 0.25) is 0 Å². The molecule has 1 fully saturated rings. The Morgan fingerprint density at radius 1 is 1.18 bits per heavy atom. The fourth-order valence-electron chi connectivity index (χ4n) is 2.50. The van der Waals surface area contributed by atoms with E-state index in [0.717, 1.165) is 12.8 Å². The Labute approximate surface area is 131 Å². The van der Waals surface area contributed by atoms with Crippen LogP contribution in [0, 0.1) is 0 Å². The van der Waals surface area contributed by atoms with Gasteiger partial charge in [-0.2, -0.15) is 0 Å². The molecule has 1 aromatic rings. The first-order valence-electron chi connectivity index (χ1n) is 7.74. The first-order chi connectivity index (χ1) is 10.3. The van der Waals surface area contributed by atoms with E-state index >= 15 is 0 Å². The Balaban J connectivity index is 1.97. The highest BCUT2D eigenvalue weighted by Gasteiger charge is 2.19. The van der Waals surface area contributed by atoms with Gasteiger partial charge in [-0.05, 0) is 51.8 Å². The van der Waals surface area contributed by atoms with Crippen LogP contribution in [0.3, 0.4) is 0 Å². The van der Waals surface area contributed by atoms with Crippen LogP contribution in [-0.2, 0) is 4.74 Å². The lowest BCUT2D eigenvalue weighted by Crippen LogP contribution is -2.32. The van der Waals surface area contributed by atoms with E-state index in [1.165, 1.54) is 12.8 Å². The molecular weight excluding hydrogens is 280 g/mol. The summed E-state index contributed by atoms with van der Waals surface area (Å²) in [6, 6.07) is 7.15. The minimum atomic E-state index is -0.554. The van der Waals surface area contributed by atoms with Crippen LogP contribution < -0.4 is 10.6 Å². The Morgan fingerprint density at radius 3 is 2.50 bits per heavy atom. The zero-order valence-corrected chi connectivity index (χ0v) is 13.4. The molecule has 0 radical (unpaired) electrons. The molecular formula is C17H24N2O3. The van der Waals surface area contributed by atoms with Crippen LogP contribution >= 0.6 is 0 Å². The van der Waals surface area contributed by atoms with Crippen molar-refractivity contribution < 1.29 is 14.3 Å². The fourth-order valence-corrected chi connectivity index (χ4v) is 2.50. The van der Waals surface area contributed by atoms with E-state index in [-0.39, 0.29) is 11.9 Å². The zero-order chi connectivity index (χ0) is 16.2. The fraction of sp³-hybridized carbons (Fsp3) is 0.529. The maximum absolute atomic E-state index is 12.2. The molecule has 1 aliphatic carbocycles. The minimum Gasteiger partial charge on any atom is -0.444 e. The maximum Gasteiger partial charge on any atom is 0.412 e. The van der Waals surface area contributed by atoms with Crippen LogP contribution in [0.5, 0.6) is 0 Å². The van der Waals surface area contributed by atoms with E-state index in [1.54, 1.807) is 45.0 Å². The van der Waals surface area contributed by atoms with Gasteiger partial charge in [-0.25, -0.2) is 4.79 Å². The van der Waals surface area contributed by atoms with Crippen LogP contribution in [0.1, 0.15) is 56.8 Å². The zero-order valence-electron chi connectivity index (χ0n) is 13.4. The third-order valence-electron chi connectivity index (χ3n) is 3.46. The molecule has 2 amide bonds. The number of ether oxygens (including phenoxy) is 1. The lowest BCUT2D eigenvalue weighted by Gasteiger charge is -2.19. The normalized spacial score (nSPS) is 15.4. The predicted octanol–water partition coefficient (Wildman–Crippen LogP) is 3.71. The van der Waals surface area contributed by atoms with Gasteiger partial charge in [-0.3, -0.25) is 10.1 Å². The first-order valence-corrected chi connectivity index (χ1v) is 7.74. The Morgan fingerprint density at radius 2 is 1.86 bits per heavy atom. The van der Waals surface area contributed by atoms with Crippen molar-refractivity contribution in [2.24, 2.45) is 0 Å². The summed E-state index contributed by atoms with van der Waals surface area (Å²) in [6.45, 7) is 5.41. The Hall–Kier alpha value is -2.04. The number of rotatable bonds is 3. The monoisotopic (exact) mass is 304 g/mol. The molecule has 0 aliphatic heterocycles. The Bertz CT molecular complexity index is 543. The average Bonchev–Trinajstić information content (AvgIpc) is 2.89. The van der Waals surface area contributed by atoms with Crippen molar-refractivity contribution in [2.75, 3.05) is 5.32 Å². The van der Waals surface area contributed by atoms with Gasteiger partial charge >= 0.3 is 6.09 Å². The van der Waals surface area contributed by atoms with Gasteiger partial charge in [0.2, 0.25) is 0 Å². The number of hydrogen-bond acceptors (Lipinski definition) is 3. The summed E-state index contributed by atoms with van der Waals surface area (Å²) in [5.74, 6) is -0.0975. The molecule has 120 valence electrons. The van der Waals surface area contributed by atoms with Crippen molar-refractivity contribution in [3.8, 4) is 0 Å². The molecule has 0 unspecified atom stereocenters. The maximum atomic E-state index is 12.2. The van der Waals surface area contributed by atoms with Gasteiger partial charge in [0.1, 0.15) is 5.60 Å². The molecule has 5 nitrogen and oxygen atoms in total. The van der Waals surface area contributed by atoms with E-state index in [2.05, 4.69) is 10.6 Å².